The Morgan fingerprint density at radius 3 is 2.10 bits per heavy atom. The molecule has 0 radical (unpaired) electrons. The lowest BCUT2D eigenvalue weighted by molar-refractivity contribution is -0.115. The van der Waals surface area contributed by atoms with E-state index in [0.717, 1.165) is 30.8 Å². The number of aliphatic hydroxyl groups is 1. The Morgan fingerprint density at radius 1 is 1.10 bits per heavy atom. The van der Waals surface area contributed by atoms with E-state index in [1.807, 2.05) is 31.2 Å². The summed E-state index contributed by atoms with van der Waals surface area (Å²) in [5, 5.41) is 15.7. The summed E-state index contributed by atoms with van der Waals surface area (Å²) in [6.45, 7) is 6.97. The van der Waals surface area contributed by atoms with Crippen LogP contribution in [0.1, 0.15) is 40.0 Å². The van der Waals surface area contributed by atoms with Gasteiger partial charge < -0.3 is 15.7 Å². The Kier molecular flexibility index (Phi) is 6.52. The van der Waals surface area contributed by atoms with Crippen LogP contribution in [0.15, 0.2) is 24.3 Å². The number of carbonyl (C=O) groups is 1. The molecule has 0 heterocycles. The van der Waals surface area contributed by atoms with Gasteiger partial charge in [0, 0.05) is 29.8 Å². The van der Waals surface area contributed by atoms with E-state index in [0.29, 0.717) is 6.42 Å². The number of anilines is 2. The summed E-state index contributed by atoms with van der Waals surface area (Å²) in [7, 11) is 0. The highest BCUT2D eigenvalue weighted by atomic mass is 16.3. The maximum Gasteiger partial charge on any atom is 0.224 e. The Balaban J connectivity index is 2.59. The molecule has 0 aliphatic carbocycles. The largest absolute Gasteiger partial charge is 0.396 e. The van der Waals surface area contributed by atoms with Gasteiger partial charge in [0.2, 0.25) is 5.91 Å². The molecular formula is C16H26N2O2. The molecule has 0 aromatic heterocycles. The predicted octanol–water partition coefficient (Wildman–Crippen LogP) is 3.25. The van der Waals surface area contributed by atoms with Crippen LogP contribution in [-0.2, 0) is 4.79 Å². The molecule has 0 bridgehead atoms. The molecule has 0 unspecified atom stereocenters. The minimum absolute atomic E-state index is 0.0157. The number of rotatable bonds is 8. The summed E-state index contributed by atoms with van der Waals surface area (Å²) < 4.78 is 0. The van der Waals surface area contributed by atoms with E-state index in [9.17, 15) is 9.90 Å². The van der Waals surface area contributed by atoms with Crippen molar-refractivity contribution >= 4 is 17.3 Å². The summed E-state index contributed by atoms with van der Waals surface area (Å²) in [5.74, 6) is 0.0157. The first-order valence-electron chi connectivity index (χ1n) is 7.33. The first-order chi connectivity index (χ1) is 9.59. The minimum Gasteiger partial charge on any atom is -0.396 e. The van der Waals surface area contributed by atoms with Gasteiger partial charge in [0.15, 0.2) is 0 Å². The summed E-state index contributed by atoms with van der Waals surface area (Å²) in [6, 6.07) is 7.65. The van der Waals surface area contributed by atoms with Gasteiger partial charge in [0.25, 0.3) is 0 Å². The molecule has 0 saturated carbocycles. The van der Waals surface area contributed by atoms with Crippen molar-refractivity contribution in [2.75, 3.05) is 23.8 Å². The number of nitrogens with one attached hydrogen (secondary N) is 2. The van der Waals surface area contributed by atoms with Crippen LogP contribution < -0.4 is 10.6 Å². The zero-order valence-electron chi connectivity index (χ0n) is 12.7. The van der Waals surface area contributed by atoms with E-state index in [1.165, 1.54) is 0 Å². The molecule has 0 fully saturated rings. The van der Waals surface area contributed by atoms with Gasteiger partial charge in [0.05, 0.1) is 6.61 Å². The SMILES string of the molecule is CCC(=O)Nc1ccc(NCC(CC)(CC)CO)cc1. The molecule has 0 aliphatic heterocycles. The standard InChI is InChI=1S/C16H26N2O2/c1-4-15(20)18-14-9-7-13(8-10-14)17-11-16(5-2,6-3)12-19/h7-10,17,19H,4-6,11-12H2,1-3H3,(H,18,20). The topological polar surface area (TPSA) is 61.4 Å². The fourth-order valence-corrected chi connectivity index (χ4v) is 1.99. The van der Waals surface area contributed by atoms with E-state index >= 15 is 0 Å². The van der Waals surface area contributed by atoms with Gasteiger partial charge in [-0.3, -0.25) is 4.79 Å². The molecule has 3 N–H and O–H groups in total. The summed E-state index contributed by atoms with van der Waals surface area (Å²) in [5.41, 5.74) is 1.75. The van der Waals surface area contributed by atoms with E-state index in [4.69, 9.17) is 0 Å². The highest BCUT2D eigenvalue weighted by Gasteiger charge is 2.24. The van der Waals surface area contributed by atoms with Crippen molar-refractivity contribution in [3.63, 3.8) is 0 Å². The second-order valence-electron chi connectivity index (χ2n) is 5.20. The lowest BCUT2D eigenvalue weighted by Gasteiger charge is -2.30. The molecule has 4 nitrogen and oxygen atoms in total. The lowest BCUT2D eigenvalue weighted by atomic mass is 9.83. The van der Waals surface area contributed by atoms with Crippen LogP contribution >= 0.6 is 0 Å². The highest BCUT2D eigenvalue weighted by Crippen LogP contribution is 2.26. The second-order valence-corrected chi connectivity index (χ2v) is 5.20. The molecule has 1 amide bonds. The molecule has 20 heavy (non-hydrogen) atoms. The third kappa shape index (κ3) is 4.53. The molecule has 0 spiro atoms. The molecule has 1 aromatic carbocycles. The number of benzene rings is 1. The third-order valence-corrected chi connectivity index (χ3v) is 3.99. The number of amides is 1. The third-order valence-electron chi connectivity index (χ3n) is 3.99. The molecule has 0 saturated heterocycles. The Hall–Kier alpha value is -1.55. The molecule has 0 atom stereocenters. The molecule has 0 aliphatic rings. The first-order valence-corrected chi connectivity index (χ1v) is 7.33. The van der Waals surface area contributed by atoms with Gasteiger partial charge in [-0.1, -0.05) is 20.8 Å². The van der Waals surface area contributed by atoms with Crippen LogP contribution in [-0.4, -0.2) is 24.2 Å². The van der Waals surface area contributed by atoms with Crippen LogP contribution in [0.5, 0.6) is 0 Å². The van der Waals surface area contributed by atoms with Crippen molar-refractivity contribution in [2.45, 2.75) is 40.0 Å². The fraction of sp³-hybridized carbons (Fsp3) is 0.562. The van der Waals surface area contributed by atoms with Crippen molar-refractivity contribution < 1.29 is 9.90 Å². The fourth-order valence-electron chi connectivity index (χ4n) is 1.99. The Bertz CT molecular complexity index is 403. The average molecular weight is 278 g/mol. The highest BCUT2D eigenvalue weighted by molar-refractivity contribution is 5.90. The lowest BCUT2D eigenvalue weighted by Crippen LogP contribution is -2.32. The van der Waals surface area contributed by atoms with Gasteiger partial charge in [-0.15, -0.1) is 0 Å². The maximum absolute atomic E-state index is 11.3. The van der Waals surface area contributed by atoms with Gasteiger partial charge in [-0.25, -0.2) is 0 Å². The predicted molar refractivity (Wildman–Crippen MR) is 84.0 cm³/mol. The molecule has 112 valence electrons. The maximum atomic E-state index is 11.3. The van der Waals surface area contributed by atoms with E-state index < -0.39 is 0 Å². The van der Waals surface area contributed by atoms with Crippen LogP contribution in [0.3, 0.4) is 0 Å². The number of carbonyl (C=O) groups excluding carboxylic acids is 1. The van der Waals surface area contributed by atoms with Crippen molar-refractivity contribution in [1.82, 2.24) is 0 Å². The molecule has 1 rings (SSSR count). The number of hydrogen-bond acceptors (Lipinski definition) is 3. The van der Waals surface area contributed by atoms with Crippen molar-refractivity contribution in [1.29, 1.82) is 0 Å². The van der Waals surface area contributed by atoms with Gasteiger partial charge in [0.1, 0.15) is 0 Å². The monoisotopic (exact) mass is 278 g/mol. The Labute approximate surface area is 121 Å². The van der Waals surface area contributed by atoms with E-state index in [-0.39, 0.29) is 17.9 Å². The van der Waals surface area contributed by atoms with Crippen molar-refractivity contribution in [2.24, 2.45) is 5.41 Å². The van der Waals surface area contributed by atoms with Crippen LogP contribution in [0.2, 0.25) is 0 Å². The summed E-state index contributed by atoms with van der Waals surface area (Å²) in [4.78, 5) is 11.3. The summed E-state index contributed by atoms with van der Waals surface area (Å²) in [6.07, 6.45) is 2.36. The van der Waals surface area contributed by atoms with Gasteiger partial charge in [-0.05, 0) is 37.1 Å². The van der Waals surface area contributed by atoms with Crippen LogP contribution in [0, 0.1) is 5.41 Å². The van der Waals surface area contributed by atoms with E-state index in [2.05, 4.69) is 24.5 Å². The van der Waals surface area contributed by atoms with Crippen molar-refractivity contribution in [3.05, 3.63) is 24.3 Å². The zero-order chi connectivity index (χ0) is 15.0. The second kappa shape index (κ2) is 7.90. The number of aliphatic hydroxyl groups excluding tert-OH is 1. The molecule has 4 heteroatoms. The first kappa shape index (κ1) is 16.5. The number of hydrogen-bond donors (Lipinski definition) is 3. The quantitative estimate of drug-likeness (QED) is 0.684. The summed E-state index contributed by atoms with van der Waals surface area (Å²) >= 11 is 0. The molecular weight excluding hydrogens is 252 g/mol. The zero-order valence-corrected chi connectivity index (χ0v) is 12.7. The van der Waals surface area contributed by atoms with Crippen LogP contribution in [0.25, 0.3) is 0 Å². The minimum atomic E-state index is -0.0604. The normalized spacial score (nSPS) is 11.2. The van der Waals surface area contributed by atoms with Crippen molar-refractivity contribution in [3.8, 4) is 0 Å². The van der Waals surface area contributed by atoms with Gasteiger partial charge >= 0.3 is 0 Å². The average Bonchev–Trinajstić information content (AvgIpc) is 2.50. The van der Waals surface area contributed by atoms with E-state index in [1.54, 1.807) is 0 Å². The Morgan fingerprint density at radius 2 is 1.65 bits per heavy atom. The van der Waals surface area contributed by atoms with Crippen LogP contribution in [0.4, 0.5) is 11.4 Å². The van der Waals surface area contributed by atoms with Gasteiger partial charge in [-0.2, -0.15) is 0 Å². The smallest absolute Gasteiger partial charge is 0.224 e. The molecule has 1 aromatic rings.